The van der Waals surface area contributed by atoms with Crippen molar-refractivity contribution in [2.75, 3.05) is 53.8 Å². The van der Waals surface area contributed by atoms with Crippen molar-refractivity contribution in [2.45, 2.75) is 222 Å². The van der Waals surface area contributed by atoms with Crippen LogP contribution >= 0.6 is 0 Å². The molecule has 6 N–H and O–H groups in total. The zero-order valence-corrected chi connectivity index (χ0v) is 48.6. The number of halogens is 1. The molecular formula is C54H92FN5O16S. The van der Waals surface area contributed by atoms with E-state index in [2.05, 4.69) is 17.2 Å². The van der Waals surface area contributed by atoms with E-state index in [4.69, 9.17) is 33.2 Å². The molecule has 0 amide bonds. The number of aromatic nitrogens is 3. The highest BCUT2D eigenvalue weighted by molar-refractivity contribution is 7.90. The Labute approximate surface area is 455 Å². The molecule has 4 heterocycles. The third kappa shape index (κ3) is 16.6. The molecule has 21 nitrogen and oxygen atoms in total. The van der Waals surface area contributed by atoms with Crippen LogP contribution in [0.1, 0.15) is 119 Å². The van der Waals surface area contributed by atoms with Gasteiger partial charge in [0.05, 0.1) is 58.2 Å². The number of aliphatic hydroxyl groups is 6. The number of esters is 1. The van der Waals surface area contributed by atoms with Crippen LogP contribution < -0.4 is 4.74 Å². The van der Waals surface area contributed by atoms with Gasteiger partial charge in [0.15, 0.2) is 22.4 Å². The van der Waals surface area contributed by atoms with E-state index in [1.807, 2.05) is 37.7 Å². The Morgan fingerprint density at radius 2 is 1.65 bits per heavy atom. The summed E-state index contributed by atoms with van der Waals surface area (Å²) in [5, 5.41) is 78.8. The van der Waals surface area contributed by atoms with Gasteiger partial charge in [0.25, 0.3) is 0 Å². The Hall–Kier alpha value is -3.01. The number of carbonyl (C=O) groups is 1. The highest BCUT2D eigenvalue weighted by Gasteiger charge is 2.52. The summed E-state index contributed by atoms with van der Waals surface area (Å²) in [6, 6.07) is 3.61. The van der Waals surface area contributed by atoms with Crippen molar-refractivity contribution in [1.29, 1.82) is 0 Å². The number of cyclic esters (lactones) is 1. The summed E-state index contributed by atoms with van der Waals surface area (Å²) in [6.45, 7) is 17.2. The maximum absolute atomic E-state index is 14.6. The molecule has 0 aliphatic carbocycles. The molecular weight excluding hydrogens is 1030 g/mol. The molecule has 1 aromatic heterocycles. The van der Waals surface area contributed by atoms with E-state index in [0.29, 0.717) is 43.8 Å². The van der Waals surface area contributed by atoms with Gasteiger partial charge >= 0.3 is 5.97 Å². The van der Waals surface area contributed by atoms with Gasteiger partial charge in [-0.1, -0.05) is 26.0 Å². The summed E-state index contributed by atoms with van der Waals surface area (Å²) in [4.78, 5) is 18.6. The monoisotopic (exact) mass is 1120 g/mol. The standard InChI is InChI=1S/C54H92FN5O16S/c1-15-44-53(9,67)25-42(61)35(6)59(12)28-31(2)20-22-52(8,66)49(33(4)47(34(5)50(65)74-44)75-45-26-54(10,70-13)48(64)36(7)73-45)76-51-46(63)40(24-32(3)72-51)58(11)23-21-37-29-60(57-56-37)41(27-55)43(62)30-71-38-16-18-39(19-17-38)77(14,68)69/h16-19,29,31-36,40-49,51,61-64,66-67H,15,20-28,30H2,1-14H3/t31-,32-,33+,34-,35-,36+,40+,41-,42+,43-,44-,45+,46-,47+,48+,49-,51+,52-,53+,54-/m1/s1. The third-order valence-corrected chi connectivity index (χ3v) is 17.7. The molecule has 20 atom stereocenters. The summed E-state index contributed by atoms with van der Waals surface area (Å²) in [6.07, 6.45) is -7.12. The van der Waals surface area contributed by atoms with Crippen molar-refractivity contribution in [3.8, 4) is 5.75 Å². The van der Waals surface area contributed by atoms with Crippen molar-refractivity contribution in [3.63, 3.8) is 0 Å². The minimum Gasteiger partial charge on any atom is -0.491 e. The van der Waals surface area contributed by atoms with Crippen molar-refractivity contribution < 1.29 is 81.4 Å². The number of nitrogens with zero attached hydrogens (tertiary/aromatic N) is 5. The maximum atomic E-state index is 14.6. The van der Waals surface area contributed by atoms with Crippen LogP contribution in [0.15, 0.2) is 35.4 Å². The maximum Gasteiger partial charge on any atom is 0.311 e. The van der Waals surface area contributed by atoms with E-state index < -0.39 is 131 Å². The summed E-state index contributed by atoms with van der Waals surface area (Å²) in [5.41, 5.74) is -3.88. The lowest BCUT2D eigenvalue weighted by molar-refractivity contribution is -0.318. The number of alkyl halides is 1. The molecule has 5 rings (SSSR count). The lowest BCUT2D eigenvalue weighted by Crippen LogP contribution is -2.60. The van der Waals surface area contributed by atoms with E-state index in [1.54, 1.807) is 54.7 Å². The molecule has 0 radical (unpaired) electrons. The summed E-state index contributed by atoms with van der Waals surface area (Å²) >= 11 is 0. The number of ether oxygens (including phenoxy) is 7. The Bertz CT molecular complexity index is 2260. The first kappa shape index (κ1) is 64.8. The van der Waals surface area contributed by atoms with Gasteiger partial charge in [0.1, 0.15) is 55.1 Å². The molecule has 0 bridgehead atoms. The lowest BCUT2D eigenvalue weighted by Gasteiger charge is -2.48. The highest BCUT2D eigenvalue weighted by Crippen LogP contribution is 2.40. The first-order chi connectivity index (χ1) is 35.9. The number of methoxy groups -OCH3 is 1. The Morgan fingerprint density at radius 1 is 0.987 bits per heavy atom. The van der Waals surface area contributed by atoms with Gasteiger partial charge in [-0.15, -0.1) is 5.10 Å². The molecule has 3 saturated heterocycles. The van der Waals surface area contributed by atoms with Gasteiger partial charge in [0, 0.05) is 69.9 Å². The number of aliphatic hydroxyl groups excluding tert-OH is 4. The number of hydrogen-bond donors (Lipinski definition) is 6. The van der Waals surface area contributed by atoms with Gasteiger partial charge in [-0.3, -0.25) is 4.79 Å². The van der Waals surface area contributed by atoms with Gasteiger partial charge < -0.3 is 73.6 Å². The normalized spacial score (nSPS) is 38.7. The summed E-state index contributed by atoms with van der Waals surface area (Å²) < 4.78 is 83.3. The van der Waals surface area contributed by atoms with Gasteiger partial charge in [0.2, 0.25) is 0 Å². The second-order valence-electron chi connectivity index (χ2n) is 23.3. The average molecular weight is 1120 g/mol. The zero-order valence-electron chi connectivity index (χ0n) is 47.8. The summed E-state index contributed by atoms with van der Waals surface area (Å²) in [7, 11) is 1.80. The first-order valence-electron chi connectivity index (χ1n) is 27.2. The molecule has 442 valence electrons. The minimum absolute atomic E-state index is 0.00120. The first-order valence-corrected chi connectivity index (χ1v) is 29.1. The second-order valence-corrected chi connectivity index (χ2v) is 25.3. The van der Waals surface area contributed by atoms with Crippen LogP contribution in [0.25, 0.3) is 0 Å². The second kappa shape index (κ2) is 27.2. The van der Waals surface area contributed by atoms with Gasteiger partial charge in [-0.25, -0.2) is 17.5 Å². The van der Waals surface area contributed by atoms with Crippen LogP contribution in [0.2, 0.25) is 0 Å². The topological polar surface area (TPSA) is 274 Å². The molecule has 3 aliphatic heterocycles. The smallest absolute Gasteiger partial charge is 0.311 e. The van der Waals surface area contributed by atoms with Crippen LogP contribution in [0.4, 0.5) is 4.39 Å². The van der Waals surface area contributed by atoms with E-state index >= 15 is 0 Å². The number of carbonyl (C=O) groups excluding carboxylic acids is 1. The van der Waals surface area contributed by atoms with Crippen LogP contribution in [0.5, 0.6) is 5.75 Å². The van der Waals surface area contributed by atoms with Crippen molar-refractivity contribution in [3.05, 3.63) is 36.2 Å². The number of benzene rings is 1. The Balaban J connectivity index is 1.40. The number of sulfone groups is 1. The highest BCUT2D eigenvalue weighted by atomic mass is 32.2. The third-order valence-electron chi connectivity index (χ3n) is 16.6. The van der Waals surface area contributed by atoms with Crippen LogP contribution in [0, 0.1) is 17.8 Å². The van der Waals surface area contributed by atoms with E-state index in [1.165, 1.54) is 36.1 Å². The lowest BCUT2D eigenvalue weighted by atomic mass is 9.78. The van der Waals surface area contributed by atoms with E-state index in [9.17, 15) is 48.2 Å². The van der Waals surface area contributed by atoms with Crippen molar-refractivity contribution in [1.82, 2.24) is 24.8 Å². The summed E-state index contributed by atoms with van der Waals surface area (Å²) in [5.74, 6) is -2.36. The van der Waals surface area contributed by atoms with Crippen LogP contribution in [-0.2, 0) is 49.5 Å². The largest absolute Gasteiger partial charge is 0.491 e. The van der Waals surface area contributed by atoms with Crippen LogP contribution in [0.3, 0.4) is 0 Å². The average Bonchev–Trinajstić information content (AvgIpc) is 3.84. The van der Waals surface area contributed by atoms with Gasteiger partial charge in [-0.2, -0.15) is 0 Å². The minimum atomic E-state index is -3.42. The van der Waals surface area contributed by atoms with Crippen LogP contribution in [-0.4, -0.2) is 220 Å². The fraction of sp³-hybridized carbons (Fsp3) is 0.833. The molecule has 0 spiro atoms. The number of rotatable bonds is 17. The molecule has 2 aromatic rings. The molecule has 23 heteroatoms. The Kier molecular flexibility index (Phi) is 22.9. The molecule has 1 aromatic carbocycles. The van der Waals surface area contributed by atoms with E-state index in [-0.39, 0.29) is 49.1 Å². The van der Waals surface area contributed by atoms with Gasteiger partial charge in [-0.05, 0) is 118 Å². The quantitative estimate of drug-likeness (QED) is 0.124. The predicted octanol–water partition coefficient (Wildman–Crippen LogP) is 3.24. The molecule has 77 heavy (non-hydrogen) atoms. The number of likely N-dealkylation sites (N-methyl/N-ethyl adjacent to an activating group) is 2. The predicted molar refractivity (Wildman–Crippen MR) is 282 cm³/mol. The van der Waals surface area contributed by atoms with E-state index in [0.717, 1.165) is 6.26 Å². The van der Waals surface area contributed by atoms with Crippen molar-refractivity contribution in [2.24, 2.45) is 17.8 Å². The fourth-order valence-electron chi connectivity index (χ4n) is 11.2. The molecule has 0 saturated carbocycles. The molecule has 3 fully saturated rings. The SMILES string of the molecule is CC[C@H]1OC(=O)[C@H](C)[C@@H](O[C@H]2C[C@@](C)(OC)[C@@H](O)[C@H](C)O2)[C@H](C)[C@@H](O[C@@H]2O[C@H](C)C[C@H](N(C)CCc3cn([C@H](CF)[C@H](O)COc4ccc(S(C)(=O)=O)cc4)nn3)[C@H]2O)[C@](C)(O)CC[C@@H](C)CN(C)[C@H](C)[C@@H](O)C[C@]1(C)O. The molecule has 3 aliphatic rings. The van der Waals surface area contributed by atoms with Crippen molar-refractivity contribution >= 4 is 15.8 Å². The molecule has 0 unspecified atom stereocenters. The Morgan fingerprint density at radius 3 is 2.26 bits per heavy atom. The number of hydrogen-bond acceptors (Lipinski definition) is 20. The fourth-order valence-corrected chi connectivity index (χ4v) is 11.8. The zero-order chi connectivity index (χ0) is 57.5.